The van der Waals surface area contributed by atoms with E-state index in [1.165, 1.54) is 6.42 Å². The van der Waals surface area contributed by atoms with Gasteiger partial charge in [-0.25, -0.2) is 0 Å². The largest absolute Gasteiger partial charge is 0.350 e. The number of rotatable bonds is 7. The third kappa shape index (κ3) is 4.00. The predicted molar refractivity (Wildman–Crippen MR) is 120 cm³/mol. The van der Waals surface area contributed by atoms with Crippen molar-refractivity contribution < 1.29 is 9.59 Å². The number of fused-ring (bicyclic) bond motifs is 2. The summed E-state index contributed by atoms with van der Waals surface area (Å²) < 4.78 is 3.60. The van der Waals surface area contributed by atoms with Gasteiger partial charge in [-0.15, -0.1) is 10.2 Å². The maximum Gasteiger partial charge on any atom is 0.272 e. The van der Waals surface area contributed by atoms with E-state index >= 15 is 0 Å². The molecule has 1 aliphatic rings. The van der Waals surface area contributed by atoms with Gasteiger partial charge in [-0.3, -0.25) is 18.7 Å². The number of nitrogens with zero attached hydrogens (tertiary/aromatic N) is 5. The topological polar surface area (TPSA) is 94.2 Å². The molecule has 1 fully saturated rings. The molecule has 4 aromatic rings. The van der Waals surface area contributed by atoms with Crippen LogP contribution >= 0.6 is 0 Å². The molecule has 1 aliphatic carbocycles. The summed E-state index contributed by atoms with van der Waals surface area (Å²) in [6.07, 6.45) is 7.83. The highest BCUT2D eigenvalue weighted by molar-refractivity contribution is 6.05. The fourth-order valence-corrected chi connectivity index (χ4v) is 4.55. The fourth-order valence-electron chi connectivity index (χ4n) is 4.55. The standard InChI is InChI=1S/C24H26N6O2/c31-20(17-8-2-1-3-9-17)16-30-19-11-5-4-10-18(19)23(28-30)24(32)25-14-13-22-27-26-21-12-6-7-15-29(21)22/h4-7,10-12,15,17H,1-3,8-9,13-14,16H2,(H,25,32). The number of nitrogens with one attached hydrogen (secondary N) is 1. The van der Waals surface area contributed by atoms with E-state index in [0.717, 1.165) is 48.1 Å². The zero-order valence-corrected chi connectivity index (χ0v) is 17.9. The van der Waals surface area contributed by atoms with E-state index in [0.29, 0.717) is 18.7 Å². The Labute approximate surface area is 185 Å². The lowest BCUT2D eigenvalue weighted by atomic mass is 9.86. The molecule has 1 N–H and O–H groups in total. The smallest absolute Gasteiger partial charge is 0.272 e. The van der Waals surface area contributed by atoms with Crippen LogP contribution < -0.4 is 5.32 Å². The summed E-state index contributed by atoms with van der Waals surface area (Å²) in [5.41, 5.74) is 1.94. The van der Waals surface area contributed by atoms with Crippen molar-refractivity contribution in [3.63, 3.8) is 0 Å². The van der Waals surface area contributed by atoms with Gasteiger partial charge in [0.15, 0.2) is 17.1 Å². The molecule has 1 aromatic carbocycles. The van der Waals surface area contributed by atoms with Crippen LogP contribution in [0.5, 0.6) is 0 Å². The first-order chi connectivity index (χ1) is 15.7. The van der Waals surface area contributed by atoms with Crippen LogP contribution in [0.25, 0.3) is 16.6 Å². The molecule has 0 unspecified atom stereocenters. The van der Waals surface area contributed by atoms with Gasteiger partial charge in [-0.2, -0.15) is 5.10 Å². The minimum absolute atomic E-state index is 0.113. The number of para-hydroxylation sites is 1. The zero-order chi connectivity index (χ0) is 21.9. The number of aromatic nitrogens is 5. The fraction of sp³-hybridized carbons (Fsp3) is 0.375. The van der Waals surface area contributed by atoms with Crippen molar-refractivity contribution in [2.24, 2.45) is 5.92 Å². The van der Waals surface area contributed by atoms with Crippen molar-refractivity contribution in [1.82, 2.24) is 29.7 Å². The molecule has 1 saturated carbocycles. The number of carbonyl (C=O) groups is 2. The predicted octanol–water partition coefficient (Wildman–Crippen LogP) is 3.20. The van der Waals surface area contributed by atoms with E-state index in [1.807, 2.05) is 53.1 Å². The number of carbonyl (C=O) groups excluding carboxylic acids is 2. The van der Waals surface area contributed by atoms with Gasteiger partial charge in [0.05, 0.1) is 5.52 Å². The second-order valence-electron chi connectivity index (χ2n) is 8.38. The summed E-state index contributed by atoms with van der Waals surface area (Å²) >= 11 is 0. The summed E-state index contributed by atoms with van der Waals surface area (Å²) in [5, 5.41) is 16.6. The van der Waals surface area contributed by atoms with Crippen LogP contribution in [-0.4, -0.2) is 42.6 Å². The van der Waals surface area contributed by atoms with Crippen molar-refractivity contribution in [3.05, 3.63) is 60.2 Å². The molecule has 0 bridgehead atoms. The van der Waals surface area contributed by atoms with E-state index in [2.05, 4.69) is 20.6 Å². The molecule has 3 aromatic heterocycles. The second-order valence-corrected chi connectivity index (χ2v) is 8.38. The molecular formula is C24H26N6O2. The summed E-state index contributed by atoms with van der Waals surface area (Å²) in [5.74, 6) is 0.860. The SMILES string of the molecule is O=C(NCCc1nnc2ccccn12)c1nn(CC(=O)C2CCCCC2)c2ccccc12. The third-order valence-electron chi connectivity index (χ3n) is 6.26. The lowest BCUT2D eigenvalue weighted by molar-refractivity contribution is -0.124. The minimum Gasteiger partial charge on any atom is -0.350 e. The molecule has 0 aliphatic heterocycles. The highest BCUT2D eigenvalue weighted by Crippen LogP contribution is 2.26. The highest BCUT2D eigenvalue weighted by atomic mass is 16.2. The van der Waals surface area contributed by atoms with E-state index in [1.54, 1.807) is 4.68 Å². The summed E-state index contributed by atoms with van der Waals surface area (Å²) in [4.78, 5) is 25.8. The van der Waals surface area contributed by atoms with Crippen LogP contribution in [0.15, 0.2) is 48.7 Å². The van der Waals surface area contributed by atoms with Crippen LogP contribution in [0.2, 0.25) is 0 Å². The second kappa shape index (κ2) is 8.90. The molecule has 0 atom stereocenters. The number of pyridine rings is 1. The van der Waals surface area contributed by atoms with Crippen molar-refractivity contribution in [3.8, 4) is 0 Å². The number of amides is 1. The number of hydrogen-bond acceptors (Lipinski definition) is 5. The van der Waals surface area contributed by atoms with Crippen molar-refractivity contribution in [2.45, 2.75) is 45.1 Å². The summed E-state index contributed by atoms with van der Waals surface area (Å²) in [6.45, 7) is 0.626. The maximum absolute atomic E-state index is 12.9. The van der Waals surface area contributed by atoms with Gasteiger partial charge in [0.25, 0.3) is 5.91 Å². The van der Waals surface area contributed by atoms with Crippen LogP contribution in [0.3, 0.4) is 0 Å². The average Bonchev–Trinajstić information content (AvgIpc) is 3.41. The first-order valence-electron chi connectivity index (χ1n) is 11.3. The Morgan fingerprint density at radius 2 is 1.81 bits per heavy atom. The van der Waals surface area contributed by atoms with Gasteiger partial charge < -0.3 is 5.32 Å². The van der Waals surface area contributed by atoms with E-state index < -0.39 is 0 Å². The quantitative estimate of drug-likeness (QED) is 0.486. The molecule has 32 heavy (non-hydrogen) atoms. The van der Waals surface area contributed by atoms with Crippen LogP contribution in [-0.2, 0) is 17.8 Å². The Morgan fingerprint density at radius 3 is 2.69 bits per heavy atom. The molecule has 0 radical (unpaired) electrons. The van der Waals surface area contributed by atoms with Crippen LogP contribution in [0, 0.1) is 5.92 Å². The van der Waals surface area contributed by atoms with Gasteiger partial charge in [0.2, 0.25) is 0 Å². The average molecular weight is 431 g/mol. The van der Waals surface area contributed by atoms with Crippen molar-refractivity contribution >= 4 is 28.2 Å². The van der Waals surface area contributed by atoms with E-state index in [-0.39, 0.29) is 24.2 Å². The van der Waals surface area contributed by atoms with Gasteiger partial charge >= 0.3 is 0 Å². The first kappa shape index (κ1) is 20.4. The monoisotopic (exact) mass is 430 g/mol. The Balaban J connectivity index is 1.30. The van der Waals surface area contributed by atoms with Crippen molar-refractivity contribution in [2.75, 3.05) is 6.54 Å². The Bertz CT molecular complexity index is 1270. The van der Waals surface area contributed by atoms with Gasteiger partial charge in [-0.05, 0) is 31.0 Å². The van der Waals surface area contributed by atoms with Gasteiger partial charge in [-0.1, -0.05) is 43.5 Å². The van der Waals surface area contributed by atoms with Crippen LogP contribution in [0.1, 0.15) is 48.4 Å². The molecule has 1 amide bonds. The molecule has 8 heteroatoms. The number of ketones is 1. The van der Waals surface area contributed by atoms with Crippen molar-refractivity contribution in [1.29, 1.82) is 0 Å². The Kier molecular flexibility index (Phi) is 5.66. The molecule has 0 saturated heterocycles. The Morgan fingerprint density at radius 1 is 1.00 bits per heavy atom. The maximum atomic E-state index is 12.9. The normalized spacial score (nSPS) is 14.8. The molecule has 8 nitrogen and oxygen atoms in total. The van der Waals surface area contributed by atoms with E-state index in [9.17, 15) is 9.59 Å². The summed E-state index contributed by atoms with van der Waals surface area (Å²) in [6, 6.07) is 13.3. The highest BCUT2D eigenvalue weighted by Gasteiger charge is 2.24. The minimum atomic E-state index is -0.251. The lowest BCUT2D eigenvalue weighted by Gasteiger charge is -2.20. The molecule has 0 spiro atoms. The Hall–Kier alpha value is -3.55. The van der Waals surface area contributed by atoms with E-state index in [4.69, 9.17) is 0 Å². The van der Waals surface area contributed by atoms with Gasteiger partial charge in [0.1, 0.15) is 12.4 Å². The first-order valence-corrected chi connectivity index (χ1v) is 11.3. The third-order valence-corrected chi connectivity index (χ3v) is 6.26. The zero-order valence-electron chi connectivity index (χ0n) is 17.9. The lowest BCUT2D eigenvalue weighted by Crippen LogP contribution is -2.27. The number of hydrogen-bond donors (Lipinski definition) is 1. The summed E-state index contributed by atoms with van der Waals surface area (Å²) in [7, 11) is 0. The van der Waals surface area contributed by atoms with Gasteiger partial charge in [0, 0.05) is 30.5 Å². The molecular weight excluding hydrogens is 404 g/mol. The molecule has 5 rings (SSSR count). The van der Waals surface area contributed by atoms with Crippen LogP contribution in [0.4, 0.5) is 0 Å². The number of benzene rings is 1. The molecule has 164 valence electrons. The number of Topliss-reactive ketones (excluding diaryl/α,β-unsaturated/α-hetero) is 1. The molecule has 3 heterocycles.